The minimum atomic E-state index is -1.28. The Morgan fingerprint density at radius 3 is 2.48 bits per heavy atom. The summed E-state index contributed by atoms with van der Waals surface area (Å²) in [5.74, 6) is -0.642. The number of hydrogen-bond acceptors (Lipinski definition) is 4. The van der Waals surface area contributed by atoms with Gasteiger partial charge in [0.25, 0.3) is 0 Å². The predicted octanol–water partition coefficient (Wildman–Crippen LogP) is 3.81. The van der Waals surface area contributed by atoms with E-state index in [4.69, 9.17) is 10.8 Å². The molecule has 2 rings (SSSR count). The lowest BCUT2D eigenvalue weighted by Gasteiger charge is -2.17. The zero-order valence-electron chi connectivity index (χ0n) is 15.7. The van der Waals surface area contributed by atoms with Gasteiger partial charge in [0, 0.05) is 16.6 Å². The Morgan fingerprint density at radius 2 is 1.79 bits per heavy atom. The summed E-state index contributed by atoms with van der Waals surface area (Å²) >= 11 is 3.32. The zero-order valence-corrected chi connectivity index (χ0v) is 17.2. The van der Waals surface area contributed by atoms with Crippen LogP contribution in [0.1, 0.15) is 25.7 Å². The van der Waals surface area contributed by atoms with E-state index < -0.39 is 18.0 Å². The number of para-hydroxylation sites is 2. The van der Waals surface area contributed by atoms with Gasteiger partial charge in [0.1, 0.15) is 6.04 Å². The molecule has 1 unspecified atom stereocenters. The molecule has 0 fully saturated rings. The highest BCUT2D eigenvalue weighted by atomic mass is 79.9. The third-order valence-electron chi connectivity index (χ3n) is 4.09. The van der Waals surface area contributed by atoms with Crippen molar-refractivity contribution in [1.82, 2.24) is 5.32 Å². The molecule has 2 aromatic rings. The normalized spacial score (nSPS) is 11.3. The number of benzene rings is 2. The van der Waals surface area contributed by atoms with E-state index in [2.05, 4.69) is 31.9 Å². The van der Waals surface area contributed by atoms with E-state index in [0.717, 1.165) is 4.47 Å². The lowest BCUT2D eigenvalue weighted by atomic mass is 10.1. The molecule has 0 radical (unpaired) electrons. The first-order valence-electron chi connectivity index (χ1n) is 9.05. The van der Waals surface area contributed by atoms with Crippen LogP contribution in [0.5, 0.6) is 0 Å². The number of nitrogens with two attached hydrogens (primary N) is 1. The third kappa shape index (κ3) is 7.82. The fourth-order valence-electron chi connectivity index (χ4n) is 2.67. The molecule has 0 aromatic heterocycles. The second kappa shape index (κ2) is 11.1. The molecule has 0 aliphatic rings. The van der Waals surface area contributed by atoms with Crippen LogP contribution < -0.4 is 21.7 Å². The number of carboxylic acid groups (broad SMARTS) is 1. The number of amides is 3. The maximum atomic E-state index is 12.4. The quantitative estimate of drug-likeness (QED) is 0.285. The number of nitrogen functional groups attached to an aromatic ring is 1. The summed E-state index contributed by atoms with van der Waals surface area (Å²) in [5.41, 5.74) is 7.38. The number of nitrogens with one attached hydrogen (secondary N) is 3. The number of carbonyl (C=O) groups is 3. The molecule has 29 heavy (non-hydrogen) atoms. The summed E-state index contributed by atoms with van der Waals surface area (Å²) in [6.07, 6.45) is 0.222. The van der Waals surface area contributed by atoms with Gasteiger partial charge in [0.2, 0.25) is 11.8 Å². The number of anilines is 3. The molecule has 0 aliphatic carbocycles. The molecule has 9 heteroatoms. The Bertz CT molecular complexity index is 875. The van der Waals surface area contributed by atoms with Crippen molar-refractivity contribution in [2.45, 2.75) is 31.7 Å². The largest absolute Gasteiger partial charge is 0.465 e. The summed E-state index contributed by atoms with van der Waals surface area (Å²) < 4.78 is 0.795. The topological polar surface area (TPSA) is 134 Å². The van der Waals surface area contributed by atoms with Crippen molar-refractivity contribution in [1.29, 1.82) is 0 Å². The van der Waals surface area contributed by atoms with Crippen LogP contribution in [0.3, 0.4) is 0 Å². The van der Waals surface area contributed by atoms with Crippen molar-refractivity contribution in [2.24, 2.45) is 0 Å². The highest BCUT2D eigenvalue weighted by molar-refractivity contribution is 9.10. The summed E-state index contributed by atoms with van der Waals surface area (Å²) in [5, 5.41) is 16.7. The number of rotatable bonds is 9. The van der Waals surface area contributed by atoms with Crippen LogP contribution in [0.2, 0.25) is 0 Å². The highest BCUT2D eigenvalue weighted by Gasteiger charge is 2.20. The van der Waals surface area contributed by atoms with Gasteiger partial charge < -0.3 is 26.8 Å². The highest BCUT2D eigenvalue weighted by Crippen LogP contribution is 2.18. The van der Waals surface area contributed by atoms with Crippen molar-refractivity contribution in [3.8, 4) is 0 Å². The average Bonchev–Trinajstić information content (AvgIpc) is 2.65. The minimum absolute atomic E-state index is 0.191. The van der Waals surface area contributed by atoms with Crippen molar-refractivity contribution in [2.75, 3.05) is 16.4 Å². The fraction of sp³-hybridized carbons (Fsp3) is 0.250. The lowest BCUT2D eigenvalue weighted by Crippen LogP contribution is -2.43. The SMILES string of the molecule is Nc1ccccc1NC(=O)CCCCC(NC(=O)O)C(=O)Nc1cccc(Br)c1. The molecule has 0 bridgehead atoms. The second-order valence-corrected chi connectivity index (χ2v) is 7.30. The molecule has 1 atom stereocenters. The summed E-state index contributed by atoms with van der Waals surface area (Å²) in [6, 6.07) is 13.1. The predicted molar refractivity (Wildman–Crippen MR) is 116 cm³/mol. The fourth-order valence-corrected chi connectivity index (χ4v) is 3.07. The van der Waals surface area contributed by atoms with Crippen LogP contribution in [0.15, 0.2) is 53.0 Å². The molecule has 0 saturated carbocycles. The first-order valence-corrected chi connectivity index (χ1v) is 9.84. The van der Waals surface area contributed by atoms with Gasteiger partial charge in [-0.2, -0.15) is 0 Å². The number of carbonyl (C=O) groups excluding carboxylic acids is 2. The van der Waals surface area contributed by atoms with E-state index >= 15 is 0 Å². The molecule has 2 aromatic carbocycles. The average molecular weight is 463 g/mol. The van der Waals surface area contributed by atoms with Crippen molar-refractivity contribution < 1.29 is 19.5 Å². The number of hydrogen-bond donors (Lipinski definition) is 5. The minimum Gasteiger partial charge on any atom is -0.465 e. The van der Waals surface area contributed by atoms with E-state index in [9.17, 15) is 14.4 Å². The Balaban J connectivity index is 1.82. The molecule has 0 spiro atoms. The van der Waals surface area contributed by atoms with E-state index in [1.807, 2.05) is 6.07 Å². The first kappa shape index (κ1) is 22.2. The molecule has 154 valence electrons. The molecule has 0 saturated heterocycles. The molecule has 6 N–H and O–H groups in total. The summed E-state index contributed by atoms with van der Waals surface area (Å²) in [7, 11) is 0. The van der Waals surface area contributed by atoms with Gasteiger partial charge in [-0.3, -0.25) is 9.59 Å². The summed E-state index contributed by atoms with van der Waals surface area (Å²) in [6.45, 7) is 0. The van der Waals surface area contributed by atoms with Crippen LogP contribution >= 0.6 is 15.9 Å². The second-order valence-electron chi connectivity index (χ2n) is 6.38. The van der Waals surface area contributed by atoms with E-state index in [-0.39, 0.29) is 18.7 Å². The molecule has 8 nitrogen and oxygen atoms in total. The van der Waals surface area contributed by atoms with E-state index in [0.29, 0.717) is 29.9 Å². The van der Waals surface area contributed by atoms with E-state index in [1.54, 1.807) is 42.5 Å². The lowest BCUT2D eigenvalue weighted by molar-refractivity contribution is -0.118. The van der Waals surface area contributed by atoms with Crippen LogP contribution in [-0.4, -0.2) is 29.1 Å². The van der Waals surface area contributed by atoms with Gasteiger partial charge in [-0.1, -0.05) is 40.5 Å². The van der Waals surface area contributed by atoms with Crippen molar-refractivity contribution >= 4 is 50.9 Å². The Kier molecular flexibility index (Phi) is 8.47. The molecular formula is C20H23BrN4O4. The maximum absolute atomic E-state index is 12.4. The van der Waals surface area contributed by atoms with Crippen molar-refractivity contribution in [3.05, 3.63) is 53.0 Å². The van der Waals surface area contributed by atoms with Gasteiger partial charge in [0.15, 0.2) is 0 Å². The zero-order chi connectivity index (χ0) is 21.2. The van der Waals surface area contributed by atoms with E-state index in [1.165, 1.54) is 0 Å². The Labute approximate surface area is 177 Å². The van der Waals surface area contributed by atoms with Crippen LogP contribution in [-0.2, 0) is 9.59 Å². The standard InChI is InChI=1S/C20H23BrN4O4/c21-13-6-5-7-14(12-13)23-19(27)17(25-20(28)29)10-3-4-11-18(26)24-16-9-2-1-8-15(16)22/h1-2,5-9,12,17,25H,3-4,10-11,22H2,(H,23,27)(H,24,26)(H,28,29). The van der Waals surface area contributed by atoms with Crippen LogP contribution in [0.25, 0.3) is 0 Å². The maximum Gasteiger partial charge on any atom is 0.405 e. The molecular weight excluding hydrogens is 440 g/mol. The third-order valence-corrected chi connectivity index (χ3v) is 4.58. The van der Waals surface area contributed by atoms with Gasteiger partial charge >= 0.3 is 6.09 Å². The monoisotopic (exact) mass is 462 g/mol. The molecule has 0 heterocycles. The Morgan fingerprint density at radius 1 is 1.03 bits per heavy atom. The summed E-state index contributed by atoms with van der Waals surface area (Å²) in [4.78, 5) is 35.5. The van der Waals surface area contributed by atoms with Gasteiger partial charge in [-0.15, -0.1) is 0 Å². The molecule has 0 aliphatic heterocycles. The van der Waals surface area contributed by atoms with Gasteiger partial charge in [-0.05, 0) is 43.2 Å². The Hall–Kier alpha value is -3.07. The van der Waals surface area contributed by atoms with Crippen LogP contribution in [0, 0.1) is 0 Å². The van der Waals surface area contributed by atoms with Crippen molar-refractivity contribution in [3.63, 3.8) is 0 Å². The van der Waals surface area contributed by atoms with Gasteiger partial charge in [0.05, 0.1) is 11.4 Å². The van der Waals surface area contributed by atoms with Crippen LogP contribution in [0.4, 0.5) is 21.9 Å². The number of unbranched alkanes of at least 4 members (excludes halogenated alkanes) is 1. The number of halogens is 1. The van der Waals surface area contributed by atoms with Gasteiger partial charge in [-0.25, -0.2) is 4.79 Å². The smallest absolute Gasteiger partial charge is 0.405 e. The first-order chi connectivity index (χ1) is 13.8. The molecule has 3 amide bonds.